The first-order valence-corrected chi connectivity index (χ1v) is 7.30. The normalized spacial score (nSPS) is 26.1. The quantitative estimate of drug-likeness (QED) is 0.614. The number of esters is 1. The second-order valence-electron chi connectivity index (χ2n) is 5.64. The second-order valence-corrected chi connectivity index (χ2v) is 5.64. The van der Waals surface area contributed by atoms with Gasteiger partial charge in [-0.1, -0.05) is 26.2 Å². The molecule has 1 aliphatic heterocycles. The van der Waals surface area contributed by atoms with Crippen LogP contribution in [0, 0.1) is 11.8 Å². The molecule has 5 heteroatoms. The van der Waals surface area contributed by atoms with E-state index in [0.717, 1.165) is 24.8 Å². The van der Waals surface area contributed by atoms with Crippen LogP contribution < -0.4 is 5.32 Å². The SMILES string of the molecule is CCC1CCC(COC(=O)CC2=CC(=O)NC2=O)CC1. The highest BCUT2D eigenvalue weighted by molar-refractivity contribution is 6.17. The van der Waals surface area contributed by atoms with E-state index in [1.807, 2.05) is 0 Å². The molecule has 0 unspecified atom stereocenters. The first-order chi connectivity index (χ1) is 9.58. The Balaban J connectivity index is 1.69. The zero-order valence-corrected chi connectivity index (χ0v) is 11.8. The fraction of sp³-hybridized carbons (Fsp3) is 0.667. The van der Waals surface area contributed by atoms with E-state index in [4.69, 9.17) is 4.74 Å². The molecule has 0 atom stereocenters. The van der Waals surface area contributed by atoms with Crippen molar-refractivity contribution in [2.45, 2.75) is 45.4 Å². The van der Waals surface area contributed by atoms with E-state index in [2.05, 4.69) is 12.2 Å². The van der Waals surface area contributed by atoms with Crippen LogP contribution in [0.25, 0.3) is 0 Å². The van der Waals surface area contributed by atoms with Crippen LogP contribution in [0.1, 0.15) is 45.4 Å². The zero-order valence-electron chi connectivity index (χ0n) is 11.8. The fourth-order valence-electron chi connectivity index (χ4n) is 2.81. The van der Waals surface area contributed by atoms with E-state index in [1.54, 1.807) is 0 Å². The van der Waals surface area contributed by atoms with Crippen LogP contribution >= 0.6 is 0 Å². The van der Waals surface area contributed by atoms with Gasteiger partial charge in [0, 0.05) is 11.6 Å². The van der Waals surface area contributed by atoms with Crippen molar-refractivity contribution in [1.29, 1.82) is 0 Å². The van der Waals surface area contributed by atoms with Crippen molar-refractivity contribution in [1.82, 2.24) is 5.32 Å². The lowest BCUT2D eigenvalue weighted by Gasteiger charge is -2.27. The number of hydrogen-bond acceptors (Lipinski definition) is 4. The lowest BCUT2D eigenvalue weighted by molar-refractivity contribution is -0.145. The molecule has 5 nitrogen and oxygen atoms in total. The Morgan fingerprint density at radius 3 is 2.45 bits per heavy atom. The molecule has 1 heterocycles. The molecule has 1 N–H and O–H groups in total. The average molecular weight is 279 g/mol. The van der Waals surface area contributed by atoms with Gasteiger partial charge in [0.2, 0.25) is 0 Å². The van der Waals surface area contributed by atoms with Gasteiger partial charge in [-0.25, -0.2) is 0 Å². The highest BCUT2D eigenvalue weighted by Crippen LogP contribution is 2.30. The number of amides is 2. The predicted molar refractivity (Wildman–Crippen MR) is 72.5 cm³/mol. The maximum Gasteiger partial charge on any atom is 0.310 e. The Bertz CT molecular complexity index is 433. The van der Waals surface area contributed by atoms with Crippen molar-refractivity contribution in [2.75, 3.05) is 6.61 Å². The van der Waals surface area contributed by atoms with Crippen molar-refractivity contribution < 1.29 is 19.1 Å². The van der Waals surface area contributed by atoms with Gasteiger partial charge in [0.05, 0.1) is 13.0 Å². The van der Waals surface area contributed by atoms with Crippen molar-refractivity contribution in [3.63, 3.8) is 0 Å². The van der Waals surface area contributed by atoms with E-state index in [9.17, 15) is 14.4 Å². The molecule has 1 saturated carbocycles. The lowest BCUT2D eigenvalue weighted by atomic mass is 9.81. The van der Waals surface area contributed by atoms with Crippen LogP contribution in [0.15, 0.2) is 11.6 Å². The van der Waals surface area contributed by atoms with Gasteiger partial charge < -0.3 is 4.74 Å². The molecule has 20 heavy (non-hydrogen) atoms. The van der Waals surface area contributed by atoms with E-state index < -0.39 is 17.8 Å². The van der Waals surface area contributed by atoms with Crippen molar-refractivity contribution in [3.8, 4) is 0 Å². The number of carbonyl (C=O) groups excluding carboxylic acids is 3. The lowest BCUT2D eigenvalue weighted by Crippen LogP contribution is -2.24. The Kier molecular flexibility index (Phi) is 4.93. The van der Waals surface area contributed by atoms with Crippen LogP contribution in [0.4, 0.5) is 0 Å². The van der Waals surface area contributed by atoms with E-state index in [1.165, 1.54) is 19.3 Å². The van der Waals surface area contributed by atoms with E-state index in [0.29, 0.717) is 12.5 Å². The molecule has 1 aliphatic carbocycles. The molecule has 0 spiro atoms. The molecule has 2 rings (SSSR count). The Morgan fingerprint density at radius 2 is 1.90 bits per heavy atom. The third kappa shape index (κ3) is 3.92. The Hall–Kier alpha value is -1.65. The van der Waals surface area contributed by atoms with Gasteiger partial charge in [-0.2, -0.15) is 0 Å². The van der Waals surface area contributed by atoms with Gasteiger partial charge in [0.15, 0.2) is 0 Å². The first-order valence-electron chi connectivity index (χ1n) is 7.30. The fourth-order valence-corrected chi connectivity index (χ4v) is 2.81. The third-order valence-electron chi connectivity index (χ3n) is 4.19. The highest BCUT2D eigenvalue weighted by atomic mass is 16.5. The van der Waals surface area contributed by atoms with Gasteiger partial charge >= 0.3 is 5.97 Å². The number of carbonyl (C=O) groups is 3. The Morgan fingerprint density at radius 1 is 1.25 bits per heavy atom. The molecule has 1 fully saturated rings. The van der Waals surface area contributed by atoms with Crippen LogP contribution in [-0.2, 0) is 19.1 Å². The van der Waals surface area contributed by atoms with E-state index in [-0.39, 0.29) is 12.0 Å². The number of ether oxygens (including phenoxy) is 1. The molecule has 0 saturated heterocycles. The van der Waals surface area contributed by atoms with Gasteiger partial charge in [-0.3, -0.25) is 19.7 Å². The smallest absolute Gasteiger partial charge is 0.310 e. The molecular formula is C15H21NO4. The highest BCUT2D eigenvalue weighted by Gasteiger charge is 2.25. The number of nitrogens with one attached hydrogen (secondary N) is 1. The van der Waals surface area contributed by atoms with Crippen molar-refractivity contribution in [3.05, 3.63) is 11.6 Å². The maximum absolute atomic E-state index is 11.7. The predicted octanol–water partition coefficient (Wildman–Crippen LogP) is 1.72. The largest absolute Gasteiger partial charge is 0.465 e. The molecule has 2 amide bonds. The minimum Gasteiger partial charge on any atom is -0.465 e. The van der Waals surface area contributed by atoms with Crippen molar-refractivity contribution in [2.24, 2.45) is 11.8 Å². The maximum atomic E-state index is 11.7. The van der Waals surface area contributed by atoms with Crippen LogP contribution in [0.2, 0.25) is 0 Å². The van der Waals surface area contributed by atoms with Gasteiger partial charge in [0.25, 0.3) is 11.8 Å². The number of hydrogen-bond donors (Lipinski definition) is 1. The zero-order chi connectivity index (χ0) is 14.5. The average Bonchev–Trinajstić information content (AvgIpc) is 2.75. The summed E-state index contributed by atoms with van der Waals surface area (Å²) in [6.07, 6.45) is 6.89. The molecule has 0 aromatic rings. The van der Waals surface area contributed by atoms with Crippen LogP contribution in [0.3, 0.4) is 0 Å². The van der Waals surface area contributed by atoms with Gasteiger partial charge in [-0.05, 0) is 24.7 Å². The summed E-state index contributed by atoms with van der Waals surface area (Å²) in [4.78, 5) is 33.9. The molecule has 0 aromatic carbocycles. The molecule has 0 aromatic heterocycles. The molecule has 2 aliphatic rings. The summed E-state index contributed by atoms with van der Waals surface area (Å²) in [6.45, 7) is 2.64. The number of imide groups is 1. The molecule has 0 radical (unpaired) electrons. The van der Waals surface area contributed by atoms with Gasteiger partial charge in [0.1, 0.15) is 0 Å². The minimum atomic E-state index is -0.490. The molecule has 110 valence electrons. The molecule has 0 bridgehead atoms. The van der Waals surface area contributed by atoms with E-state index >= 15 is 0 Å². The van der Waals surface area contributed by atoms with Crippen LogP contribution in [-0.4, -0.2) is 24.4 Å². The first kappa shape index (κ1) is 14.8. The minimum absolute atomic E-state index is 0.123. The summed E-state index contributed by atoms with van der Waals surface area (Å²) >= 11 is 0. The molecular weight excluding hydrogens is 258 g/mol. The summed E-state index contributed by atoms with van der Waals surface area (Å²) in [5.74, 6) is -0.125. The summed E-state index contributed by atoms with van der Waals surface area (Å²) in [5, 5.41) is 2.11. The summed E-state index contributed by atoms with van der Waals surface area (Å²) in [7, 11) is 0. The second kappa shape index (κ2) is 6.68. The third-order valence-corrected chi connectivity index (χ3v) is 4.19. The standard InChI is InChI=1S/C15H21NO4/c1-2-10-3-5-11(6-4-10)9-20-14(18)8-12-7-13(17)16-15(12)19/h7,10-11H,2-6,8-9H2,1H3,(H,16,17,19). The summed E-state index contributed by atoms with van der Waals surface area (Å²) in [6, 6.07) is 0. The summed E-state index contributed by atoms with van der Waals surface area (Å²) < 4.78 is 5.22. The summed E-state index contributed by atoms with van der Waals surface area (Å²) in [5.41, 5.74) is 0.190. The topological polar surface area (TPSA) is 72.5 Å². The number of rotatable bonds is 5. The monoisotopic (exact) mass is 279 g/mol. The van der Waals surface area contributed by atoms with Crippen molar-refractivity contribution >= 4 is 17.8 Å². The van der Waals surface area contributed by atoms with Gasteiger partial charge in [-0.15, -0.1) is 0 Å². The Labute approximate surface area is 118 Å². The van der Waals surface area contributed by atoms with Crippen LogP contribution in [0.5, 0.6) is 0 Å².